The van der Waals surface area contributed by atoms with Crippen LogP contribution in [0.15, 0.2) is 191 Å². The SMILES string of the molecule is c1ccc2c(c1)ccc1c3ccc(N(c4ccc(-c5ccc(-c6nc7ccccc7s6)cc5)cc4)c4ccc5c(c4)oc4c6ccccc6ccc54)cc3oc21. The summed E-state index contributed by atoms with van der Waals surface area (Å²) < 4.78 is 14.5. The van der Waals surface area contributed by atoms with Crippen LogP contribution in [0.2, 0.25) is 0 Å². The molecular formula is C51H30N2O2S. The summed E-state index contributed by atoms with van der Waals surface area (Å²) in [7, 11) is 0. The van der Waals surface area contributed by atoms with E-state index in [-0.39, 0.29) is 0 Å². The molecule has 0 amide bonds. The fourth-order valence-electron chi connectivity index (χ4n) is 8.32. The van der Waals surface area contributed by atoms with E-state index in [4.69, 9.17) is 13.8 Å². The third-order valence-corrected chi connectivity index (χ3v) is 12.2. The van der Waals surface area contributed by atoms with Crippen LogP contribution in [-0.4, -0.2) is 4.98 Å². The zero-order valence-electron chi connectivity index (χ0n) is 29.9. The fourth-order valence-corrected chi connectivity index (χ4v) is 9.29. The second-order valence-corrected chi connectivity index (χ2v) is 15.4. The van der Waals surface area contributed by atoms with E-state index < -0.39 is 0 Å². The number of aromatic nitrogens is 1. The van der Waals surface area contributed by atoms with Gasteiger partial charge in [0, 0.05) is 67.1 Å². The summed E-state index contributed by atoms with van der Waals surface area (Å²) in [6.07, 6.45) is 0. The molecule has 262 valence electrons. The number of thiazole rings is 1. The first kappa shape index (κ1) is 31.2. The van der Waals surface area contributed by atoms with Crippen molar-refractivity contribution in [2.45, 2.75) is 0 Å². The van der Waals surface area contributed by atoms with Gasteiger partial charge >= 0.3 is 0 Å². The van der Waals surface area contributed by atoms with Crippen molar-refractivity contribution in [3.63, 3.8) is 0 Å². The highest BCUT2D eigenvalue weighted by Gasteiger charge is 2.19. The topological polar surface area (TPSA) is 42.4 Å². The van der Waals surface area contributed by atoms with Crippen LogP contribution in [0.1, 0.15) is 0 Å². The van der Waals surface area contributed by atoms with Crippen LogP contribution in [-0.2, 0) is 0 Å². The van der Waals surface area contributed by atoms with E-state index >= 15 is 0 Å². The molecule has 0 atom stereocenters. The molecular weight excluding hydrogens is 705 g/mol. The number of anilines is 3. The van der Waals surface area contributed by atoms with Crippen molar-refractivity contribution in [3.05, 3.63) is 182 Å². The van der Waals surface area contributed by atoms with Crippen molar-refractivity contribution in [2.24, 2.45) is 0 Å². The van der Waals surface area contributed by atoms with E-state index in [0.717, 1.165) is 98.9 Å². The standard InChI is InChI=1S/C51H30N2O2S/c1-3-9-39-33(7-1)19-25-43-41-27-23-37(29-46(41)54-49(39)43)53(38-24-28-42-44-26-20-34-8-2-4-10-40(34)50(44)55-47(42)30-38)36-21-17-32(18-22-36)31-13-15-35(16-14-31)51-52-45-11-5-6-12-48(45)56-51/h1-30H. The summed E-state index contributed by atoms with van der Waals surface area (Å²) in [6, 6.07) is 64.4. The van der Waals surface area contributed by atoms with E-state index in [2.05, 4.69) is 181 Å². The average molecular weight is 735 g/mol. The van der Waals surface area contributed by atoms with E-state index in [9.17, 15) is 0 Å². The van der Waals surface area contributed by atoms with Crippen molar-refractivity contribution in [2.75, 3.05) is 4.90 Å². The Balaban J connectivity index is 0.974. The highest BCUT2D eigenvalue weighted by Crippen LogP contribution is 2.43. The smallest absolute Gasteiger partial charge is 0.143 e. The Morgan fingerprint density at radius 1 is 0.393 bits per heavy atom. The molecule has 0 aliphatic heterocycles. The molecule has 0 N–H and O–H groups in total. The number of fused-ring (bicyclic) bond motifs is 11. The molecule has 0 saturated heterocycles. The summed E-state index contributed by atoms with van der Waals surface area (Å²) in [4.78, 5) is 7.15. The van der Waals surface area contributed by atoms with Gasteiger partial charge < -0.3 is 13.7 Å². The lowest BCUT2D eigenvalue weighted by atomic mass is 10.0. The lowest BCUT2D eigenvalue weighted by Gasteiger charge is -2.25. The Bertz CT molecular complexity index is 3300. The third kappa shape index (κ3) is 4.88. The number of nitrogens with zero attached hydrogens (tertiary/aromatic N) is 2. The van der Waals surface area contributed by atoms with E-state index in [1.807, 2.05) is 6.07 Å². The summed E-state index contributed by atoms with van der Waals surface area (Å²) in [5.41, 5.74) is 11.0. The summed E-state index contributed by atoms with van der Waals surface area (Å²) in [6.45, 7) is 0. The van der Waals surface area contributed by atoms with Crippen LogP contribution in [0.4, 0.5) is 17.1 Å². The van der Waals surface area contributed by atoms with Crippen molar-refractivity contribution < 1.29 is 8.83 Å². The van der Waals surface area contributed by atoms with Gasteiger partial charge in [-0.3, -0.25) is 0 Å². The van der Waals surface area contributed by atoms with Gasteiger partial charge in [-0.05, 0) is 82.6 Å². The third-order valence-electron chi connectivity index (χ3n) is 11.1. The van der Waals surface area contributed by atoms with E-state index in [1.165, 1.54) is 15.5 Å². The molecule has 3 heterocycles. The highest BCUT2D eigenvalue weighted by atomic mass is 32.1. The zero-order chi connectivity index (χ0) is 36.7. The van der Waals surface area contributed by atoms with E-state index in [1.54, 1.807) is 11.3 Å². The number of hydrogen-bond donors (Lipinski definition) is 0. The molecule has 0 spiro atoms. The first-order valence-corrected chi connectivity index (χ1v) is 19.6. The monoisotopic (exact) mass is 734 g/mol. The molecule has 56 heavy (non-hydrogen) atoms. The fraction of sp³-hybridized carbons (Fsp3) is 0. The molecule has 0 saturated carbocycles. The van der Waals surface area contributed by atoms with Crippen LogP contribution in [0.3, 0.4) is 0 Å². The first-order valence-electron chi connectivity index (χ1n) is 18.8. The quantitative estimate of drug-likeness (QED) is 0.177. The first-order chi connectivity index (χ1) is 27.7. The minimum Gasteiger partial charge on any atom is -0.455 e. The maximum Gasteiger partial charge on any atom is 0.143 e. The largest absolute Gasteiger partial charge is 0.455 e. The number of para-hydroxylation sites is 1. The zero-order valence-corrected chi connectivity index (χ0v) is 30.8. The number of hydrogen-bond acceptors (Lipinski definition) is 5. The van der Waals surface area contributed by atoms with Gasteiger partial charge in [0.05, 0.1) is 10.2 Å². The minimum atomic E-state index is 0.847. The lowest BCUT2D eigenvalue weighted by molar-refractivity contribution is 0.672. The van der Waals surface area contributed by atoms with Gasteiger partial charge in [-0.1, -0.05) is 109 Å². The molecule has 0 aliphatic rings. The van der Waals surface area contributed by atoms with E-state index in [0.29, 0.717) is 0 Å². The van der Waals surface area contributed by atoms with Gasteiger partial charge in [0.1, 0.15) is 27.3 Å². The van der Waals surface area contributed by atoms with Gasteiger partial charge in [-0.15, -0.1) is 11.3 Å². The molecule has 9 aromatic carbocycles. The van der Waals surface area contributed by atoms with Gasteiger partial charge in [0.25, 0.3) is 0 Å². The van der Waals surface area contributed by atoms with Crippen molar-refractivity contribution >= 4 is 104 Å². The van der Waals surface area contributed by atoms with Crippen LogP contribution in [0.5, 0.6) is 0 Å². The molecule has 0 radical (unpaired) electrons. The molecule has 0 fully saturated rings. The van der Waals surface area contributed by atoms with Gasteiger partial charge in [-0.2, -0.15) is 0 Å². The maximum atomic E-state index is 6.67. The Kier molecular flexibility index (Phi) is 6.76. The lowest BCUT2D eigenvalue weighted by Crippen LogP contribution is -2.09. The summed E-state index contributed by atoms with van der Waals surface area (Å²) in [5, 5.41) is 10.0. The molecule has 5 heteroatoms. The summed E-state index contributed by atoms with van der Waals surface area (Å²) in [5.74, 6) is 0. The van der Waals surface area contributed by atoms with Crippen LogP contribution >= 0.6 is 11.3 Å². The molecule has 0 unspecified atom stereocenters. The van der Waals surface area contributed by atoms with Crippen molar-refractivity contribution in [1.29, 1.82) is 0 Å². The van der Waals surface area contributed by atoms with Crippen molar-refractivity contribution in [3.8, 4) is 21.7 Å². The average Bonchev–Trinajstić information content (AvgIpc) is 3.97. The second-order valence-electron chi connectivity index (χ2n) is 14.3. The Morgan fingerprint density at radius 2 is 0.875 bits per heavy atom. The van der Waals surface area contributed by atoms with Crippen LogP contribution in [0.25, 0.3) is 97.3 Å². The van der Waals surface area contributed by atoms with Gasteiger partial charge in [-0.25, -0.2) is 4.98 Å². The predicted molar refractivity (Wildman–Crippen MR) is 235 cm³/mol. The maximum absolute atomic E-state index is 6.67. The van der Waals surface area contributed by atoms with Crippen molar-refractivity contribution in [1.82, 2.24) is 4.98 Å². The second kappa shape index (κ2) is 12.2. The Labute approximate surface area is 325 Å². The Morgan fingerprint density at radius 3 is 1.46 bits per heavy atom. The highest BCUT2D eigenvalue weighted by molar-refractivity contribution is 7.21. The number of rotatable bonds is 5. The minimum absolute atomic E-state index is 0.847. The number of furan rings is 2. The molecule has 3 aromatic heterocycles. The molecule has 12 rings (SSSR count). The van der Waals surface area contributed by atoms with Crippen LogP contribution in [0, 0.1) is 0 Å². The Hall–Kier alpha value is -7.21. The summed E-state index contributed by atoms with van der Waals surface area (Å²) >= 11 is 1.73. The molecule has 0 aliphatic carbocycles. The van der Waals surface area contributed by atoms with Gasteiger partial charge in [0.2, 0.25) is 0 Å². The van der Waals surface area contributed by atoms with Gasteiger partial charge in [0.15, 0.2) is 0 Å². The molecule has 0 bridgehead atoms. The van der Waals surface area contributed by atoms with Crippen LogP contribution < -0.4 is 4.90 Å². The number of benzene rings is 9. The predicted octanol–water partition coefficient (Wildman–Crippen LogP) is 15.2. The normalized spacial score (nSPS) is 11.9. The molecule has 12 aromatic rings. The molecule has 4 nitrogen and oxygen atoms in total.